The van der Waals surface area contributed by atoms with Crippen LogP contribution in [0.5, 0.6) is 0 Å². The molecule has 0 saturated heterocycles. The molecule has 3 aromatic carbocycles. The molecular weight excluding hydrogens is 743 g/mol. The van der Waals surface area contributed by atoms with Crippen LogP contribution in [0.25, 0.3) is 0 Å². The van der Waals surface area contributed by atoms with Crippen LogP contribution in [0.1, 0.15) is 185 Å². The average molecular weight is 788 g/mol. The lowest BCUT2D eigenvalue weighted by Crippen LogP contribution is -2.66. The van der Waals surface area contributed by atoms with E-state index >= 15 is 0 Å². The zero-order valence-electron chi connectivity index (χ0n) is 33.0. The molecule has 4 N–H and O–H groups in total. The number of hydrogen-bond donors (Lipinski definition) is 4. The first-order valence-corrected chi connectivity index (χ1v) is 20.4. The van der Waals surface area contributed by atoms with Gasteiger partial charge in [-0.1, -0.05) is 41.5 Å². The van der Waals surface area contributed by atoms with E-state index in [1.807, 2.05) is 41.5 Å². The smallest absolute Gasteiger partial charge is 0.262 e. The van der Waals surface area contributed by atoms with Crippen LogP contribution in [-0.2, 0) is 0 Å². The van der Waals surface area contributed by atoms with E-state index in [0.717, 1.165) is 43.2 Å². The molecule has 3 aromatic rings. The highest BCUT2D eigenvalue weighted by atomic mass is 16.3. The van der Waals surface area contributed by atoms with Gasteiger partial charge in [0.1, 0.15) is 18.3 Å². The molecule has 13 heteroatoms. The first-order valence-electron chi connectivity index (χ1n) is 20.4. The van der Waals surface area contributed by atoms with Crippen molar-refractivity contribution in [2.75, 3.05) is 0 Å². The van der Waals surface area contributed by atoms with E-state index in [1.165, 1.54) is 0 Å². The van der Waals surface area contributed by atoms with Crippen LogP contribution in [0.2, 0.25) is 0 Å². The van der Waals surface area contributed by atoms with Gasteiger partial charge in [0, 0.05) is 0 Å². The van der Waals surface area contributed by atoms with Crippen molar-refractivity contribution in [3.05, 3.63) is 103 Å². The van der Waals surface area contributed by atoms with Crippen LogP contribution in [0.3, 0.4) is 0 Å². The number of carbonyl (C=O) groups excluding carboxylic acids is 6. The zero-order chi connectivity index (χ0) is 41.3. The molecule has 0 bridgehead atoms. The summed E-state index contributed by atoms with van der Waals surface area (Å²) in [6.07, 6.45) is -8.97. The van der Waals surface area contributed by atoms with E-state index < -0.39 is 78.0 Å². The van der Waals surface area contributed by atoms with Gasteiger partial charge < -0.3 is 20.4 Å². The number of fused-ring (bicyclic) bond motifs is 6. The Morgan fingerprint density at radius 2 is 0.655 bits per heavy atom. The fourth-order valence-corrected chi connectivity index (χ4v) is 11.2. The Hall–Kier alpha value is -5.08. The van der Waals surface area contributed by atoms with Gasteiger partial charge in [-0.15, -0.1) is 0 Å². The third-order valence-electron chi connectivity index (χ3n) is 15.4. The minimum atomic E-state index is -2.24. The number of aliphatic hydroxyl groups is 4. The van der Waals surface area contributed by atoms with Crippen LogP contribution >= 0.6 is 0 Å². The predicted octanol–water partition coefficient (Wildman–Crippen LogP) is 3.88. The summed E-state index contributed by atoms with van der Waals surface area (Å²) in [6.45, 7) is 12.1. The summed E-state index contributed by atoms with van der Waals surface area (Å²) >= 11 is 0. The van der Waals surface area contributed by atoms with E-state index in [1.54, 1.807) is 36.4 Å². The van der Waals surface area contributed by atoms with Crippen molar-refractivity contribution in [1.82, 2.24) is 14.7 Å². The largest absolute Gasteiger partial charge is 0.391 e. The summed E-state index contributed by atoms with van der Waals surface area (Å²) in [7, 11) is 0. The highest BCUT2D eigenvalue weighted by molar-refractivity contribution is 6.24. The minimum absolute atomic E-state index is 0.0215. The van der Waals surface area contributed by atoms with Gasteiger partial charge in [0.05, 0.1) is 57.6 Å². The molecule has 3 aliphatic heterocycles. The Bertz CT molecular complexity index is 2340. The van der Waals surface area contributed by atoms with Crippen molar-refractivity contribution in [1.29, 1.82) is 0 Å². The van der Waals surface area contributed by atoms with Gasteiger partial charge in [-0.3, -0.25) is 43.5 Å². The molecule has 1 fully saturated rings. The van der Waals surface area contributed by atoms with E-state index in [-0.39, 0.29) is 81.7 Å². The lowest BCUT2D eigenvalue weighted by molar-refractivity contribution is -0.0973. The normalized spacial score (nSPS) is 35.9. The van der Waals surface area contributed by atoms with Gasteiger partial charge in [0.2, 0.25) is 0 Å². The maximum Gasteiger partial charge on any atom is 0.262 e. The summed E-state index contributed by atoms with van der Waals surface area (Å²) in [5, 5.41) is 49.1. The summed E-state index contributed by atoms with van der Waals surface area (Å²) in [5.41, 5.74) is 5.84. The van der Waals surface area contributed by atoms with Crippen LogP contribution < -0.4 is 0 Å². The maximum atomic E-state index is 14.4. The third kappa shape index (κ3) is 4.50. The van der Waals surface area contributed by atoms with Gasteiger partial charge >= 0.3 is 0 Å². The van der Waals surface area contributed by atoms with Crippen molar-refractivity contribution in [2.24, 2.45) is 0 Å². The Morgan fingerprint density at radius 3 is 0.966 bits per heavy atom. The highest BCUT2D eigenvalue weighted by Gasteiger charge is 2.58. The summed E-state index contributed by atoms with van der Waals surface area (Å²) in [4.78, 5) is 87.9. The molecule has 4 aliphatic carbocycles. The second kappa shape index (κ2) is 12.2. The molecule has 0 aromatic heterocycles. The van der Waals surface area contributed by atoms with Gasteiger partial charge in [-0.2, -0.15) is 0 Å². The predicted molar refractivity (Wildman–Crippen MR) is 206 cm³/mol. The molecule has 3 heterocycles. The SMILES string of the molecule is CC1c2cc3c(cc2C1C)C(=O)N(C1CCC(O)C(N2C(=O)c4cc5c(cc4C2=O)C(C)C5C)C(O)C(N2C(=O)c4cc5c(cc4C2=O)C(C)C5C)C(O)C1O)C3=O. The molecule has 300 valence electrons. The van der Waals surface area contributed by atoms with Crippen LogP contribution in [0, 0.1) is 0 Å². The maximum absolute atomic E-state index is 14.4. The second-order valence-electron chi connectivity index (χ2n) is 17.9. The van der Waals surface area contributed by atoms with Crippen molar-refractivity contribution in [3.63, 3.8) is 0 Å². The Kier molecular flexibility index (Phi) is 7.85. The number of imide groups is 3. The van der Waals surface area contributed by atoms with Crippen LogP contribution in [-0.4, -0.2) is 113 Å². The summed E-state index contributed by atoms with van der Waals surface area (Å²) < 4.78 is 0. The van der Waals surface area contributed by atoms with E-state index in [0.29, 0.717) is 4.90 Å². The third-order valence-corrected chi connectivity index (χ3v) is 15.4. The van der Waals surface area contributed by atoms with Crippen molar-refractivity contribution in [2.45, 2.75) is 132 Å². The Balaban J connectivity index is 1.07. The fraction of sp³-hybridized carbons (Fsp3) is 0.467. The van der Waals surface area contributed by atoms with E-state index in [2.05, 4.69) is 0 Å². The molecule has 10 rings (SSSR count). The monoisotopic (exact) mass is 787 g/mol. The molecule has 6 amide bonds. The summed E-state index contributed by atoms with van der Waals surface area (Å²) in [5.74, 6) is -4.11. The fourth-order valence-electron chi connectivity index (χ4n) is 11.2. The Labute approximate surface area is 334 Å². The molecule has 0 radical (unpaired) electrons. The van der Waals surface area contributed by atoms with Gasteiger partial charge in [0.25, 0.3) is 35.4 Å². The zero-order valence-corrected chi connectivity index (χ0v) is 33.0. The quantitative estimate of drug-likeness (QED) is 0.283. The van der Waals surface area contributed by atoms with Crippen molar-refractivity contribution >= 4 is 35.4 Å². The molecule has 13 unspecified atom stereocenters. The number of carbonyl (C=O) groups is 6. The Morgan fingerprint density at radius 1 is 0.379 bits per heavy atom. The molecule has 13 atom stereocenters. The molecule has 0 spiro atoms. The van der Waals surface area contributed by atoms with Crippen LogP contribution in [0.4, 0.5) is 0 Å². The number of aliphatic hydroxyl groups excluding tert-OH is 4. The average Bonchev–Trinajstić information content (AvgIpc) is 3.72. The number of benzene rings is 3. The van der Waals surface area contributed by atoms with E-state index in [4.69, 9.17) is 0 Å². The number of amides is 6. The number of nitrogens with zero attached hydrogens (tertiary/aromatic N) is 3. The van der Waals surface area contributed by atoms with Gasteiger partial charge in [-0.05, 0) is 118 Å². The summed E-state index contributed by atoms with van der Waals surface area (Å²) in [6, 6.07) is 4.47. The van der Waals surface area contributed by atoms with E-state index in [9.17, 15) is 49.2 Å². The lowest BCUT2D eigenvalue weighted by atomic mass is 9.69. The second-order valence-corrected chi connectivity index (χ2v) is 17.9. The number of hydrogen-bond acceptors (Lipinski definition) is 10. The topological polar surface area (TPSA) is 193 Å². The molecule has 58 heavy (non-hydrogen) atoms. The van der Waals surface area contributed by atoms with Crippen molar-refractivity contribution in [3.8, 4) is 0 Å². The first-order chi connectivity index (χ1) is 27.5. The highest BCUT2D eigenvalue weighted by Crippen LogP contribution is 2.51. The standard InChI is InChI=1S/C45H45N3O10/c1-15-16(2)22-10-28-27(9-21(15)22)40(53)46(41(28)54)33-7-8-34(49)35(47-42(55)29-11-23-17(3)18(4)24(23)12-30(29)43(47)56)38(51)36(39(52)37(33)50)48-44(57)31-13-25-19(5)20(6)26(25)14-32(31)45(48)58/h9-20,33-39,49-52H,7-8H2,1-6H3. The molecule has 7 aliphatic rings. The minimum Gasteiger partial charge on any atom is -0.391 e. The van der Waals surface area contributed by atoms with Crippen molar-refractivity contribution < 1.29 is 49.2 Å². The molecule has 13 nitrogen and oxygen atoms in total. The first kappa shape index (κ1) is 37.2. The number of rotatable bonds is 3. The molecular formula is C45H45N3O10. The molecule has 1 saturated carbocycles. The van der Waals surface area contributed by atoms with Gasteiger partial charge in [-0.25, -0.2) is 0 Å². The van der Waals surface area contributed by atoms with Crippen LogP contribution in [0.15, 0.2) is 36.4 Å². The van der Waals surface area contributed by atoms with Gasteiger partial charge in [0.15, 0.2) is 0 Å². The lowest BCUT2D eigenvalue weighted by Gasteiger charge is -2.42.